The van der Waals surface area contributed by atoms with Gasteiger partial charge in [0, 0.05) is 30.2 Å². The number of aromatic nitrogens is 1. The molecule has 2 aliphatic heterocycles. The number of carbonyl (C=O) groups excluding carboxylic acids is 2. The number of allylic oxidation sites excluding steroid dienone is 1. The number of fused-ring (bicyclic) bond motifs is 2. The molecule has 2 aliphatic rings. The predicted molar refractivity (Wildman–Crippen MR) is 151 cm³/mol. The van der Waals surface area contributed by atoms with Crippen molar-refractivity contribution >= 4 is 46.0 Å². The number of para-hydroxylation sites is 1. The highest BCUT2D eigenvalue weighted by atomic mass is 35.5. The molecule has 194 valence electrons. The summed E-state index contributed by atoms with van der Waals surface area (Å²) in [6.07, 6.45) is 1.66. The first-order valence-corrected chi connectivity index (χ1v) is 13.6. The van der Waals surface area contributed by atoms with Gasteiger partial charge in [-0.05, 0) is 44.5 Å². The van der Waals surface area contributed by atoms with Crippen LogP contribution in [0.3, 0.4) is 0 Å². The Hall–Kier alpha value is -3.75. The molecule has 3 aromatic rings. The van der Waals surface area contributed by atoms with Gasteiger partial charge in [0.2, 0.25) is 0 Å². The summed E-state index contributed by atoms with van der Waals surface area (Å²) in [5.41, 5.74) is 3.15. The maximum absolute atomic E-state index is 14.2. The van der Waals surface area contributed by atoms with Crippen LogP contribution in [0.15, 0.2) is 82.2 Å². The van der Waals surface area contributed by atoms with E-state index in [1.165, 1.54) is 11.3 Å². The molecule has 0 saturated heterocycles. The highest BCUT2D eigenvalue weighted by molar-refractivity contribution is 7.07. The van der Waals surface area contributed by atoms with Gasteiger partial charge in [-0.25, -0.2) is 4.99 Å². The molecule has 0 aliphatic carbocycles. The molecule has 9 heteroatoms. The number of likely N-dealkylation sites (N-methyl/N-ethyl adjacent to an activating group) is 1. The summed E-state index contributed by atoms with van der Waals surface area (Å²) in [6.45, 7) is 10.8. The molecule has 0 radical (unpaired) electrons. The Labute approximate surface area is 229 Å². The maximum Gasteiger partial charge on any atom is 0.271 e. The summed E-state index contributed by atoms with van der Waals surface area (Å²) >= 11 is 7.35. The van der Waals surface area contributed by atoms with E-state index in [4.69, 9.17) is 16.6 Å². The Morgan fingerprint density at radius 1 is 1.13 bits per heavy atom. The molecule has 0 unspecified atom stereocenters. The van der Waals surface area contributed by atoms with Gasteiger partial charge >= 0.3 is 0 Å². The second kappa shape index (κ2) is 10.2. The van der Waals surface area contributed by atoms with Crippen LogP contribution < -0.4 is 19.8 Å². The molecule has 0 saturated carbocycles. The fourth-order valence-corrected chi connectivity index (χ4v) is 6.36. The monoisotopic (exact) mass is 546 g/mol. The molecular formula is C29H27ClN4O3S. The van der Waals surface area contributed by atoms with Crippen molar-refractivity contribution in [1.29, 1.82) is 0 Å². The molecule has 2 aromatic carbocycles. The van der Waals surface area contributed by atoms with Crippen LogP contribution in [-0.4, -0.2) is 40.9 Å². The summed E-state index contributed by atoms with van der Waals surface area (Å²) in [5.74, 6) is -0.428. The zero-order valence-electron chi connectivity index (χ0n) is 21.4. The van der Waals surface area contributed by atoms with Gasteiger partial charge in [-0.15, -0.1) is 6.58 Å². The third-order valence-electron chi connectivity index (χ3n) is 6.93. The van der Waals surface area contributed by atoms with Crippen molar-refractivity contribution in [2.75, 3.05) is 24.5 Å². The first-order valence-electron chi connectivity index (χ1n) is 12.4. The molecule has 0 spiro atoms. The van der Waals surface area contributed by atoms with E-state index in [2.05, 4.69) is 6.58 Å². The highest BCUT2D eigenvalue weighted by Crippen LogP contribution is 2.35. The van der Waals surface area contributed by atoms with E-state index in [0.717, 1.165) is 11.3 Å². The number of halogens is 1. The van der Waals surface area contributed by atoms with E-state index >= 15 is 0 Å². The predicted octanol–water partition coefficient (Wildman–Crippen LogP) is 3.66. The van der Waals surface area contributed by atoms with Crippen molar-refractivity contribution in [1.82, 2.24) is 9.47 Å². The molecule has 1 aromatic heterocycles. The van der Waals surface area contributed by atoms with Crippen LogP contribution in [0.2, 0.25) is 5.02 Å². The SMILES string of the molecule is C=CCN1C(=O)/C(=c2\sc3n(c2=O)[C@H](c2ccc(Cl)cc2)C(C(=O)N(CC)CC)=C(C)N=3)c2ccccc21. The lowest BCUT2D eigenvalue weighted by atomic mass is 9.94. The van der Waals surface area contributed by atoms with E-state index in [1.807, 2.05) is 50.2 Å². The Balaban J connectivity index is 1.81. The number of hydrogen-bond acceptors (Lipinski definition) is 5. The molecule has 5 rings (SSSR count). The van der Waals surface area contributed by atoms with Gasteiger partial charge in [-0.3, -0.25) is 19.0 Å². The maximum atomic E-state index is 14.2. The van der Waals surface area contributed by atoms with Gasteiger partial charge < -0.3 is 9.80 Å². The van der Waals surface area contributed by atoms with E-state index in [-0.39, 0.29) is 17.4 Å². The Morgan fingerprint density at radius 3 is 2.47 bits per heavy atom. The van der Waals surface area contributed by atoms with Gasteiger partial charge in [0.25, 0.3) is 17.4 Å². The van der Waals surface area contributed by atoms with Crippen LogP contribution in [0, 0.1) is 0 Å². The molecule has 3 heterocycles. The number of amides is 2. The molecular weight excluding hydrogens is 520 g/mol. The number of rotatable bonds is 6. The van der Waals surface area contributed by atoms with E-state index in [9.17, 15) is 14.4 Å². The van der Waals surface area contributed by atoms with Gasteiger partial charge in [0.1, 0.15) is 4.53 Å². The number of benzene rings is 2. The lowest BCUT2D eigenvalue weighted by Gasteiger charge is -2.29. The van der Waals surface area contributed by atoms with Crippen LogP contribution in [0.4, 0.5) is 5.69 Å². The van der Waals surface area contributed by atoms with Gasteiger partial charge in [-0.1, -0.05) is 59.3 Å². The van der Waals surface area contributed by atoms with Crippen molar-refractivity contribution in [2.24, 2.45) is 4.99 Å². The largest absolute Gasteiger partial charge is 0.339 e. The van der Waals surface area contributed by atoms with Crippen molar-refractivity contribution in [3.8, 4) is 0 Å². The molecule has 2 amide bonds. The average Bonchev–Trinajstić information content (AvgIpc) is 3.37. The third-order valence-corrected chi connectivity index (χ3v) is 8.23. The summed E-state index contributed by atoms with van der Waals surface area (Å²) in [5, 5.41) is 0.552. The number of nitrogens with zero attached hydrogens (tertiary/aromatic N) is 4. The molecule has 0 N–H and O–H groups in total. The molecule has 38 heavy (non-hydrogen) atoms. The second-order valence-electron chi connectivity index (χ2n) is 9.03. The fraction of sp³-hybridized carbons (Fsp3) is 0.241. The minimum atomic E-state index is -0.706. The minimum absolute atomic E-state index is 0.173. The van der Waals surface area contributed by atoms with Crippen LogP contribution >= 0.6 is 22.9 Å². The number of hydrogen-bond donors (Lipinski definition) is 0. The van der Waals surface area contributed by atoms with Crippen LogP contribution in [0.5, 0.6) is 0 Å². The van der Waals surface area contributed by atoms with Crippen LogP contribution in [0.25, 0.3) is 5.57 Å². The Bertz CT molecular complexity index is 1680. The molecule has 1 atom stereocenters. The topological polar surface area (TPSA) is 75.0 Å². The quantitative estimate of drug-likeness (QED) is 0.443. The van der Waals surface area contributed by atoms with Crippen LogP contribution in [0.1, 0.15) is 37.9 Å². The zero-order valence-corrected chi connectivity index (χ0v) is 23.0. The highest BCUT2D eigenvalue weighted by Gasteiger charge is 2.37. The van der Waals surface area contributed by atoms with Crippen molar-refractivity contribution in [3.05, 3.63) is 108 Å². The summed E-state index contributed by atoms with van der Waals surface area (Å²) in [7, 11) is 0. The number of carbonyl (C=O) groups is 2. The number of anilines is 1. The van der Waals surface area contributed by atoms with E-state index in [0.29, 0.717) is 56.4 Å². The Morgan fingerprint density at radius 2 is 1.82 bits per heavy atom. The average molecular weight is 547 g/mol. The number of thiazole rings is 1. The van der Waals surface area contributed by atoms with Gasteiger partial charge in [0.15, 0.2) is 4.80 Å². The summed E-state index contributed by atoms with van der Waals surface area (Å²) < 4.78 is 1.85. The standard InChI is InChI=1S/C29H27ClN4O3S/c1-5-16-33-21-11-9-8-10-20(21)23(27(33)36)25-28(37)34-24(18-12-14-19(30)15-13-18)22(17(4)31-29(34)38-25)26(35)32(6-2)7-3/h5,8-15,24H,1,6-7,16H2,2-4H3/b25-23-/t24-/m1/s1. The van der Waals surface area contributed by atoms with Gasteiger partial charge in [0.05, 0.1) is 28.6 Å². The zero-order chi connectivity index (χ0) is 27.1. The fourth-order valence-electron chi connectivity index (χ4n) is 5.10. The summed E-state index contributed by atoms with van der Waals surface area (Å²) in [6, 6.07) is 13.9. The third kappa shape index (κ3) is 4.04. The smallest absolute Gasteiger partial charge is 0.271 e. The summed E-state index contributed by atoms with van der Waals surface area (Å²) in [4.78, 5) is 50.0. The normalized spacial score (nSPS) is 17.7. The van der Waals surface area contributed by atoms with E-state index < -0.39 is 6.04 Å². The first-order chi connectivity index (χ1) is 18.3. The first kappa shape index (κ1) is 25.9. The molecule has 0 bridgehead atoms. The lowest BCUT2D eigenvalue weighted by molar-refractivity contribution is -0.127. The Kier molecular flexibility index (Phi) is 6.94. The van der Waals surface area contributed by atoms with Crippen molar-refractivity contribution in [3.63, 3.8) is 0 Å². The minimum Gasteiger partial charge on any atom is -0.339 e. The second-order valence-corrected chi connectivity index (χ2v) is 10.4. The van der Waals surface area contributed by atoms with Gasteiger partial charge in [-0.2, -0.15) is 0 Å². The van der Waals surface area contributed by atoms with Crippen molar-refractivity contribution in [2.45, 2.75) is 26.8 Å². The van der Waals surface area contributed by atoms with Crippen molar-refractivity contribution < 1.29 is 9.59 Å². The molecule has 0 fully saturated rings. The lowest BCUT2D eigenvalue weighted by Crippen LogP contribution is -2.43. The van der Waals surface area contributed by atoms with E-state index in [1.54, 1.807) is 39.5 Å². The van der Waals surface area contributed by atoms with Crippen LogP contribution in [-0.2, 0) is 9.59 Å². The molecule has 7 nitrogen and oxygen atoms in total.